The van der Waals surface area contributed by atoms with Gasteiger partial charge in [-0.05, 0) is 86.4 Å². The van der Waals surface area contributed by atoms with Crippen LogP contribution in [0.4, 0.5) is 47.3 Å². The van der Waals surface area contributed by atoms with Gasteiger partial charge in [-0.1, -0.05) is 42.5 Å². The highest BCUT2D eigenvalue weighted by atomic mass is 19.4. The molecule has 2 atom stereocenters. The van der Waals surface area contributed by atoms with Crippen LogP contribution in [-0.4, -0.2) is 73.3 Å². The quantitative estimate of drug-likeness (QED) is 0.0332. The number of unbranched alkanes of at least 4 members (excludes halogenated alkanes) is 2. The highest BCUT2D eigenvalue weighted by molar-refractivity contribution is 5.98. The number of benzene rings is 3. The molecule has 4 rings (SSSR count). The summed E-state index contributed by atoms with van der Waals surface area (Å²) in [6.07, 6.45) is -12.5. The van der Waals surface area contributed by atoms with E-state index in [0.717, 1.165) is 0 Å². The molecule has 0 aliphatic carbocycles. The topological polar surface area (TPSA) is 223 Å². The molecule has 0 radical (unpaired) electrons. The minimum Gasteiger partial charge on any atom is -0.445 e. The standard InChI is InChI=1S/C42H44F6N6O10/c1-25-21-34(55)64-33-22-29(17-18-30(25)33)52-39(60)62-24-27-13-15-28(16-14-27)51-35(56)31(11-5-7-19-49-37(58)41(43,44)45)53-36(57)32(12-6-8-20-50-38(59)42(46,47)48)54-40(61)63-23-26-9-3-2-4-10-26/h2-4,9-10,13-18,21-22,31-32H,5-8,11-12,19-20,23-24H2,1H3,(H,49,58)(H,50,59)(H,51,56)(H,52,60)(H,53,57)(H,54,61)/t31-,32-/m0/s1. The first kappa shape index (κ1) is 49.5. The lowest BCUT2D eigenvalue weighted by Crippen LogP contribution is -2.52. The fourth-order valence-corrected chi connectivity index (χ4v) is 5.89. The van der Waals surface area contributed by atoms with Gasteiger partial charge in [-0.3, -0.25) is 24.5 Å². The van der Waals surface area contributed by atoms with Gasteiger partial charge in [-0.15, -0.1) is 0 Å². The number of ether oxygens (including phenoxy) is 2. The monoisotopic (exact) mass is 906 g/mol. The summed E-state index contributed by atoms with van der Waals surface area (Å²) in [5.74, 6) is -6.03. The number of carbonyl (C=O) groups excluding carboxylic acids is 6. The van der Waals surface area contributed by atoms with Crippen molar-refractivity contribution in [3.05, 3.63) is 106 Å². The van der Waals surface area contributed by atoms with Crippen molar-refractivity contribution in [1.82, 2.24) is 21.3 Å². The molecule has 1 heterocycles. The molecule has 64 heavy (non-hydrogen) atoms. The number of halogens is 6. The molecule has 6 N–H and O–H groups in total. The van der Waals surface area contributed by atoms with Crippen LogP contribution >= 0.6 is 0 Å². The SMILES string of the molecule is Cc1cc(=O)oc2cc(NC(=O)OCc3ccc(NC(=O)[C@H](CCCCNC(=O)C(F)(F)F)NC(=O)[C@H](CCCCNC(=O)C(F)(F)F)NC(=O)OCc4ccccc4)cc3)ccc12. The van der Waals surface area contributed by atoms with Crippen LogP contribution in [0.3, 0.4) is 0 Å². The Morgan fingerprint density at radius 3 is 1.72 bits per heavy atom. The Hall–Kier alpha value is -7.13. The third-order valence-corrected chi connectivity index (χ3v) is 9.17. The van der Waals surface area contributed by atoms with E-state index in [1.807, 2.05) is 0 Å². The number of anilines is 2. The summed E-state index contributed by atoms with van der Waals surface area (Å²) < 4.78 is 91.5. The molecule has 0 aliphatic heterocycles. The number of fused-ring (bicyclic) bond motifs is 1. The van der Waals surface area contributed by atoms with Crippen LogP contribution in [0.5, 0.6) is 0 Å². The Morgan fingerprint density at radius 1 is 0.609 bits per heavy atom. The molecule has 0 bridgehead atoms. The normalized spacial score (nSPS) is 12.3. The van der Waals surface area contributed by atoms with Crippen molar-refractivity contribution in [2.75, 3.05) is 23.7 Å². The van der Waals surface area contributed by atoms with Crippen LogP contribution in [-0.2, 0) is 41.9 Å². The maximum absolute atomic E-state index is 13.7. The number of nitrogens with one attached hydrogen (secondary N) is 6. The molecule has 0 spiro atoms. The molecule has 1 aromatic heterocycles. The molecule has 0 saturated carbocycles. The Bertz CT molecular complexity index is 2310. The largest absolute Gasteiger partial charge is 0.471 e. The first-order valence-electron chi connectivity index (χ1n) is 19.6. The van der Waals surface area contributed by atoms with Crippen LogP contribution in [0.25, 0.3) is 11.0 Å². The maximum atomic E-state index is 13.7. The second-order valence-electron chi connectivity index (χ2n) is 14.2. The lowest BCUT2D eigenvalue weighted by Gasteiger charge is -2.23. The molecule has 16 nitrogen and oxygen atoms in total. The number of hydrogen-bond acceptors (Lipinski definition) is 10. The number of carbonyl (C=O) groups is 6. The summed E-state index contributed by atoms with van der Waals surface area (Å²) in [6.45, 7) is 0.523. The fraction of sp³-hybridized carbons (Fsp3) is 0.357. The van der Waals surface area contributed by atoms with E-state index in [4.69, 9.17) is 13.9 Å². The second-order valence-corrected chi connectivity index (χ2v) is 14.2. The maximum Gasteiger partial charge on any atom is 0.471 e. The van der Waals surface area contributed by atoms with E-state index < -0.39 is 79.0 Å². The number of rotatable bonds is 20. The van der Waals surface area contributed by atoms with Gasteiger partial charge >= 0.3 is 42.0 Å². The van der Waals surface area contributed by atoms with Crippen molar-refractivity contribution in [2.24, 2.45) is 0 Å². The molecule has 0 saturated heterocycles. The summed E-state index contributed by atoms with van der Waals surface area (Å²) in [6, 6.07) is 17.7. The van der Waals surface area contributed by atoms with E-state index in [1.165, 1.54) is 36.4 Å². The van der Waals surface area contributed by atoms with Gasteiger partial charge in [0.15, 0.2) is 0 Å². The molecule has 0 aliphatic rings. The van der Waals surface area contributed by atoms with Crippen LogP contribution in [0, 0.1) is 6.92 Å². The van der Waals surface area contributed by atoms with Crippen molar-refractivity contribution in [2.45, 2.75) is 83.1 Å². The van der Waals surface area contributed by atoms with Gasteiger partial charge in [-0.25, -0.2) is 14.4 Å². The molecule has 344 valence electrons. The van der Waals surface area contributed by atoms with E-state index in [0.29, 0.717) is 27.8 Å². The summed E-state index contributed by atoms with van der Waals surface area (Å²) >= 11 is 0. The Morgan fingerprint density at radius 2 is 1.14 bits per heavy atom. The molecular weight excluding hydrogens is 862 g/mol. The predicted octanol–water partition coefficient (Wildman–Crippen LogP) is 6.27. The molecule has 6 amide bonds. The van der Waals surface area contributed by atoms with Gasteiger partial charge in [-0.2, -0.15) is 26.3 Å². The Labute approximate surface area is 360 Å². The molecular formula is C42H44F6N6O10. The first-order chi connectivity index (χ1) is 30.3. The van der Waals surface area contributed by atoms with Gasteiger partial charge in [0.05, 0.1) is 0 Å². The first-order valence-corrected chi connectivity index (χ1v) is 19.6. The fourth-order valence-electron chi connectivity index (χ4n) is 5.89. The predicted molar refractivity (Wildman–Crippen MR) is 217 cm³/mol. The Kier molecular flexibility index (Phi) is 18.1. The van der Waals surface area contributed by atoms with Crippen LogP contribution < -0.4 is 37.5 Å². The van der Waals surface area contributed by atoms with Gasteiger partial charge in [0.25, 0.3) is 0 Å². The average molecular weight is 907 g/mol. The van der Waals surface area contributed by atoms with Gasteiger partial charge in [0, 0.05) is 42.0 Å². The van der Waals surface area contributed by atoms with E-state index in [1.54, 1.807) is 60.0 Å². The number of alkyl halides is 6. The number of aryl methyl sites for hydroxylation is 1. The zero-order valence-corrected chi connectivity index (χ0v) is 34.1. The lowest BCUT2D eigenvalue weighted by atomic mass is 10.1. The van der Waals surface area contributed by atoms with E-state index in [-0.39, 0.29) is 63.0 Å². The van der Waals surface area contributed by atoms with Crippen molar-refractivity contribution < 1.29 is 69.0 Å². The zero-order chi connectivity index (χ0) is 46.9. The minimum absolute atomic E-state index is 0.00532. The smallest absolute Gasteiger partial charge is 0.445 e. The van der Waals surface area contributed by atoms with Gasteiger partial charge in [0.2, 0.25) is 11.8 Å². The highest BCUT2D eigenvalue weighted by Crippen LogP contribution is 2.22. The molecule has 0 unspecified atom stereocenters. The van der Waals surface area contributed by atoms with Crippen molar-refractivity contribution in [1.29, 1.82) is 0 Å². The minimum atomic E-state index is -5.11. The Balaban J connectivity index is 1.40. The van der Waals surface area contributed by atoms with E-state index >= 15 is 0 Å². The lowest BCUT2D eigenvalue weighted by molar-refractivity contribution is -0.173. The molecule has 3 aromatic carbocycles. The van der Waals surface area contributed by atoms with Crippen molar-refractivity contribution >= 4 is 58.2 Å². The second kappa shape index (κ2) is 23.4. The zero-order valence-electron chi connectivity index (χ0n) is 34.1. The summed E-state index contributed by atoms with van der Waals surface area (Å²) in [5.41, 5.74) is 2.02. The average Bonchev–Trinajstić information content (AvgIpc) is 3.23. The molecule has 22 heteroatoms. The van der Waals surface area contributed by atoms with E-state index in [2.05, 4.69) is 21.3 Å². The van der Waals surface area contributed by atoms with Gasteiger partial charge in [0.1, 0.15) is 30.9 Å². The molecule has 0 fully saturated rings. The van der Waals surface area contributed by atoms with Crippen LogP contribution in [0.15, 0.2) is 88.1 Å². The van der Waals surface area contributed by atoms with E-state index in [9.17, 15) is 59.9 Å². The number of hydrogen-bond donors (Lipinski definition) is 6. The van der Waals surface area contributed by atoms with Crippen LogP contribution in [0.1, 0.15) is 55.2 Å². The molecule has 4 aromatic rings. The summed E-state index contributed by atoms with van der Waals surface area (Å²) in [4.78, 5) is 86.7. The van der Waals surface area contributed by atoms with Crippen molar-refractivity contribution in [3.63, 3.8) is 0 Å². The van der Waals surface area contributed by atoms with Gasteiger partial charge < -0.3 is 40.5 Å². The number of amides is 6. The van der Waals surface area contributed by atoms with Crippen molar-refractivity contribution in [3.8, 4) is 0 Å². The summed E-state index contributed by atoms with van der Waals surface area (Å²) in [7, 11) is 0. The summed E-state index contributed by atoms with van der Waals surface area (Å²) in [5, 5.41) is 14.1. The third kappa shape index (κ3) is 16.6. The highest BCUT2D eigenvalue weighted by Gasteiger charge is 2.39. The third-order valence-electron chi connectivity index (χ3n) is 9.17. The van der Waals surface area contributed by atoms with Crippen LogP contribution in [0.2, 0.25) is 0 Å². The number of alkyl carbamates (subject to hydrolysis) is 1.